The Morgan fingerprint density at radius 2 is 1.30 bits per heavy atom. The number of rotatable bonds is 2. The molecular formula is C21H20N2. The van der Waals surface area contributed by atoms with Gasteiger partial charge in [-0.25, -0.2) is 9.97 Å². The van der Waals surface area contributed by atoms with Crippen molar-refractivity contribution in [1.29, 1.82) is 0 Å². The molecule has 1 aromatic heterocycles. The number of aromatic nitrogens is 2. The molecular weight excluding hydrogens is 280 g/mol. The van der Waals surface area contributed by atoms with Gasteiger partial charge in [-0.15, -0.1) is 0 Å². The lowest BCUT2D eigenvalue weighted by Gasteiger charge is -2.11. The van der Waals surface area contributed by atoms with E-state index in [1.165, 1.54) is 34.4 Å². The fourth-order valence-electron chi connectivity index (χ4n) is 3.21. The number of nitrogens with zero attached hydrogens (tertiary/aromatic N) is 2. The second kappa shape index (κ2) is 5.62. The van der Waals surface area contributed by atoms with E-state index in [2.05, 4.69) is 62.4 Å². The van der Waals surface area contributed by atoms with Gasteiger partial charge in [0.25, 0.3) is 0 Å². The van der Waals surface area contributed by atoms with Crippen molar-refractivity contribution < 1.29 is 0 Å². The van der Waals surface area contributed by atoms with E-state index in [4.69, 9.17) is 9.97 Å². The van der Waals surface area contributed by atoms with Crippen LogP contribution in [0.2, 0.25) is 0 Å². The molecule has 4 rings (SSSR count). The van der Waals surface area contributed by atoms with E-state index >= 15 is 0 Å². The highest BCUT2D eigenvalue weighted by Gasteiger charge is 2.20. The zero-order valence-electron chi connectivity index (χ0n) is 13.6. The Labute approximate surface area is 137 Å². The van der Waals surface area contributed by atoms with Gasteiger partial charge in [0.05, 0.1) is 5.69 Å². The van der Waals surface area contributed by atoms with Gasteiger partial charge >= 0.3 is 0 Å². The fourth-order valence-corrected chi connectivity index (χ4v) is 3.21. The van der Waals surface area contributed by atoms with Crippen LogP contribution in [0.25, 0.3) is 22.6 Å². The maximum absolute atomic E-state index is 4.93. The van der Waals surface area contributed by atoms with Crippen LogP contribution < -0.4 is 0 Å². The van der Waals surface area contributed by atoms with E-state index in [1.807, 2.05) is 0 Å². The predicted octanol–water partition coefficient (Wildman–Crippen LogP) is 4.92. The maximum Gasteiger partial charge on any atom is 0.160 e. The molecule has 0 atom stereocenters. The summed E-state index contributed by atoms with van der Waals surface area (Å²) < 4.78 is 0. The fraction of sp³-hybridized carbons (Fsp3) is 0.238. The van der Waals surface area contributed by atoms with Crippen LogP contribution in [0.1, 0.15) is 28.8 Å². The second-order valence-electron chi connectivity index (χ2n) is 6.41. The molecule has 0 saturated carbocycles. The van der Waals surface area contributed by atoms with Crippen molar-refractivity contribution in [3.8, 4) is 22.6 Å². The monoisotopic (exact) mass is 300 g/mol. The Morgan fingerprint density at radius 1 is 0.696 bits per heavy atom. The van der Waals surface area contributed by atoms with E-state index in [9.17, 15) is 0 Å². The molecule has 2 aromatic carbocycles. The summed E-state index contributed by atoms with van der Waals surface area (Å²) in [6.07, 6.45) is 3.34. The molecule has 3 aromatic rings. The second-order valence-corrected chi connectivity index (χ2v) is 6.41. The third kappa shape index (κ3) is 2.65. The van der Waals surface area contributed by atoms with Crippen molar-refractivity contribution >= 4 is 0 Å². The molecule has 0 saturated heterocycles. The van der Waals surface area contributed by atoms with Gasteiger partial charge < -0.3 is 0 Å². The summed E-state index contributed by atoms with van der Waals surface area (Å²) in [5.41, 5.74) is 8.51. The summed E-state index contributed by atoms with van der Waals surface area (Å²) in [6, 6.07) is 17.1. The van der Waals surface area contributed by atoms with Gasteiger partial charge in [-0.2, -0.15) is 0 Å². The molecule has 2 heteroatoms. The van der Waals surface area contributed by atoms with E-state index in [1.54, 1.807) is 0 Å². The SMILES string of the molecule is Cc1ccc(-c2nc3c(c(-c4ccc(C)cc4)n2)CCC3)cc1. The maximum atomic E-state index is 4.93. The molecule has 0 N–H and O–H groups in total. The Bertz CT molecular complexity index is 846. The molecule has 2 nitrogen and oxygen atoms in total. The van der Waals surface area contributed by atoms with E-state index in [0.29, 0.717) is 0 Å². The van der Waals surface area contributed by atoms with Crippen LogP contribution in [0.5, 0.6) is 0 Å². The molecule has 0 unspecified atom stereocenters. The molecule has 0 fully saturated rings. The van der Waals surface area contributed by atoms with Crippen LogP contribution in [0.4, 0.5) is 0 Å². The van der Waals surface area contributed by atoms with Crippen molar-refractivity contribution in [2.75, 3.05) is 0 Å². The van der Waals surface area contributed by atoms with Crippen molar-refractivity contribution in [3.05, 3.63) is 70.9 Å². The van der Waals surface area contributed by atoms with Crippen LogP contribution in [-0.2, 0) is 12.8 Å². The first kappa shape index (κ1) is 14.1. The van der Waals surface area contributed by atoms with Gasteiger partial charge in [-0.1, -0.05) is 59.7 Å². The number of hydrogen-bond acceptors (Lipinski definition) is 2. The lowest BCUT2D eigenvalue weighted by atomic mass is 10.0. The zero-order valence-corrected chi connectivity index (χ0v) is 13.6. The van der Waals surface area contributed by atoms with Gasteiger partial charge in [0.15, 0.2) is 5.82 Å². The zero-order chi connectivity index (χ0) is 15.8. The summed E-state index contributed by atoms with van der Waals surface area (Å²) >= 11 is 0. The topological polar surface area (TPSA) is 25.8 Å². The summed E-state index contributed by atoms with van der Waals surface area (Å²) in [7, 11) is 0. The van der Waals surface area contributed by atoms with Gasteiger partial charge in [0, 0.05) is 22.4 Å². The quantitative estimate of drug-likeness (QED) is 0.671. The van der Waals surface area contributed by atoms with Gasteiger partial charge in [-0.3, -0.25) is 0 Å². The summed E-state index contributed by atoms with van der Waals surface area (Å²) in [4.78, 5) is 9.78. The molecule has 0 radical (unpaired) electrons. The van der Waals surface area contributed by atoms with Crippen molar-refractivity contribution in [3.63, 3.8) is 0 Å². The van der Waals surface area contributed by atoms with E-state index in [0.717, 1.165) is 29.9 Å². The van der Waals surface area contributed by atoms with Gasteiger partial charge in [0.2, 0.25) is 0 Å². The summed E-state index contributed by atoms with van der Waals surface area (Å²) in [5, 5.41) is 0. The molecule has 23 heavy (non-hydrogen) atoms. The largest absolute Gasteiger partial charge is 0.233 e. The first-order chi connectivity index (χ1) is 11.2. The lowest BCUT2D eigenvalue weighted by molar-refractivity contribution is 0.900. The van der Waals surface area contributed by atoms with Crippen LogP contribution in [0, 0.1) is 13.8 Å². The van der Waals surface area contributed by atoms with Crippen LogP contribution in [0.15, 0.2) is 48.5 Å². The molecule has 1 heterocycles. The Balaban J connectivity index is 1.88. The molecule has 0 spiro atoms. The van der Waals surface area contributed by atoms with Gasteiger partial charge in [-0.05, 0) is 33.1 Å². The molecule has 0 amide bonds. The van der Waals surface area contributed by atoms with Crippen molar-refractivity contribution in [1.82, 2.24) is 9.97 Å². The number of hydrogen-bond donors (Lipinski definition) is 0. The molecule has 114 valence electrons. The number of aryl methyl sites for hydroxylation is 3. The average molecular weight is 300 g/mol. The average Bonchev–Trinajstić information content (AvgIpc) is 3.04. The third-order valence-corrected chi connectivity index (χ3v) is 4.57. The Hall–Kier alpha value is -2.48. The van der Waals surface area contributed by atoms with Crippen LogP contribution in [0.3, 0.4) is 0 Å². The summed E-state index contributed by atoms with van der Waals surface area (Å²) in [5.74, 6) is 0.848. The highest BCUT2D eigenvalue weighted by Crippen LogP contribution is 2.32. The minimum Gasteiger partial charge on any atom is -0.233 e. The van der Waals surface area contributed by atoms with Crippen molar-refractivity contribution in [2.24, 2.45) is 0 Å². The van der Waals surface area contributed by atoms with Crippen LogP contribution >= 0.6 is 0 Å². The van der Waals surface area contributed by atoms with Gasteiger partial charge in [0.1, 0.15) is 0 Å². The number of fused-ring (bicyclic) bond motifs is 1. The minimum absolute atomic E-state index is 0.848. The molecule has 1 aliphatic rings. The predicted molar refractivity (Wildman–Crippen MR) is 94.4 cm³/mol. The first-order valence-electron chi connectivity index (χ1n) is 8.24. The molecule has 1 aliphatic carbocycles. The standard InChI is InChI=1S/C21H20N2/c1-14-6-10-16(11-7-14)20-18-4-3-5-19(18)22-21(23-20)17-12-8-15(2)9-13-17/h6-13H,3-5H2,1-2H3. The third-order valence-electron chi connectivity index (χ3n) is 4.57. The molecule has 0 bridgehead atoms. The lowest BCUT2D eigenvalue weighted by Crippen LogP contribution is -2.00. The molecule has 0 aliphatic heterocycles. The number of benzene rings is 2. The smallest absolute Gasteiger partial charge is 0.160 e. The Morgan fingerprint density at radius 3 is 1.96 bits per heavy atom. The van der Waals surface area contributed by atoms with E-state index < -0.39 is 0 Å². The van der Waals surface area contributed by atoms with Crippen LogP contribution in [-0.4, -0.2) is 9.97 Å². The first-order valence-corrected chi connectivity index (χ1v) is 8.24. The highest BCUT2D eigenvalue weighted by molar-refractivity contribution is 5.68. The van der Waals surface area contributed by atoms with E-state index in [-0.39, 0.29) is 0 Å². The summed E-state index contributed by atoms with van der Waals surface area (Å²) in [6.45, 7) is 4.22. The highest BCUT2D eigenvalue weighted by atomic mass is 14.9. The Kier molecular flexibility index (Phi) is 3.45. The van der Waals surface area contributed by atoms with Crippen molar-refractivity contribution in [2.45, 2.75) is 33.1 Å². The minimum atomic E-state index is 0.848. The normalized spacial score (nSPS) is 13.1.